The van der Waals surface area contributed by atoms with Crippen molar-refractivity contribution in [3.63, 3.8) is 0 Å². The standard InChI is InChI=1S/C11H22N2/c1-5-6-10(2,3)7-8-11(4,13)9-12/h5-6,9,12H,7-8,13H2,1-4H3/b6-5-,12-9?. The maximum absolute atomic E-state index is 7.15. The molecule has 0 amide bonds. The molecule has 1 atom stereocenters. The summed E-state index contributed by atoms with van der Waals surface area (Å²) in [6.45, 7) is 8.30. The van der Waals surface area contributed by atoms with Gasteiger partial charge in [-0.2, -0.15) is 0 Å². The molecule has 0 aliphatic rings. The Morgan fingerprint density at radius 2 is 1.77 bits per heavy atom. The molecule has 76 valence electrons. The third-order valence-corrected chi connectivity index (χ3v) is 2.26. The Morgan fingerprint density at radius 3 is 2.15 bits per heavy atom. The van der Waals surface area contributed by atoms with Gasteiger partial charge in [-0.3, -0.25) is 0 Å². The third kappa shape index (κ3) is 5.58. The van der Waals surface area contributed by atoms with Crippen LogP contribution in [0.3, 0.4) is 0 Å². The van der Waals surface area contributed by atoms with E-state index in [0.717, 1.165) is 12.8 Å². The molecule has 0 bridgehead atoms. The number of nitrogens with two attached hydrogens (primary N) is 1. The largest absolute Gasteiger partial charge is 0.321 e. The molecule has 0 saturated heterocycles. The van der Waals surface area contributed by atoms with Crippen LogP contribution in [0, 0.1) is 10.8 Å². The van der Waals surface area contributed by atoms with Crippen molar-refractivity contribution in [2.45, 2.75) is 46.1 Å². The van der Waals surface area contributed by atoms with Gasteiger partial charge in [0.25, 0.3) is 0 Å². The lowest BCUT2D eigenvalue weighted by Crippen LogP contribution is -2.38. The molecule has 0 radical (unpaired) electrons. The lowest BCUT2D eigenvalue weighted by Gasteiger charge is -2.26. The summed E-state index contributed by atoms with van der Waals surface area (Å²) in [5, 5.41) is 7.15. The lowest BCUT2D eigenvalue weighted by molar-refractivity contribution is 0.383. The van der Waals surface area contributed by atoms with E-state index >= 15 is 0 Å². The molecule has 0 aromatic carbocycles. The minimum Gasteiger partial charge on any atom is -0.321 e. The molecule has 0 aliphatic heterocycles. The van der Waals surface area contributed by atoms with Crippen LogP contribution in [0.25, 0.3) is 0 Å². The Labute approximate surface area is 81.7 Å². The predicted molar refractivity (Wildman–Crippen MR) is 59.2 cm³/mol. The summed E-state index contributed by atoms with van der Waals surface area (Å²) in [5.74, 6) is 0. The zero-order valence-corrected chi connectivity index (χ0v) is 9.22. The van der Waals surface area contributed by atoms with E-state index in [-0.39, 0.29) is 5.41 Å². The van der Waals surface area contributed by atoms with Crippen molar-refractivity contribution < 1.29 is 0 Å². The van der Waals surface area contributed by atoms with E-state index in [2.05, 4.69) is 26.0 Å². The minimum atomic E-state index is -0.446. The summed E-state index contributed by atoms with van der Waals surface area (Å²) >= 11 is 0. The first kappa shape index (κ1) is 12.4. The summed E-state index contributed by atoms with van der Waals surface area (Å²) in [6.07, 6.45) is 7.46. The highest BCUT2D eigenvalue weighted by atomic mass is 14.7. The zero-order valence-electron chi connectivity index (χ0n) is 9.22. The highest BCUT2D eigenvalue weighted by molar-refractivity contribution is 5.65. The average Bonchev–Trinajstić information content (AvgIpc) is 2.02. The van der Waals surface area contributed by atoms with E-state index in [1.807, 2.05) is 13.8 Å². The van der Waals surface area contributed by atoms with Gasteiger partial charge in [-0.1, -0.05) is 26.0 Å². The molecule has 13 heavy (non-hydrogen) atoms. The fraction of sp³-hybridized carbons (Fsp3) is 0.727. The molecule has 0 heterocycles. The summed E-state index contributed by atoms with van der Waals surface area (Å²) in [7, 11) is 0. The van der Waals surface area contributed by atoms with Gasteiger partial charge in [0.15, 0.2) is 0 Å². The number of hydrogen-bond acceptors (Lipinski definition) is 2. The number of allylic oxidation sites excluding steroid dienone is 2. The maximum Gasteiger partial charge on any atom is 0.0478 e. The molecule has 0 fully saturated rings. The monoisotopic (exact) mass is 182 g/mol. The van der Waals surface area contributed by atoms with Gasteiger partial charge in [0.1, 0.15) is 0 Å². The summed E-state index contributed by atoms with van der Waals surface area (Å²) in [6, 6.07) is 0. The van der Waals surface area contributed by atoms with Gasteiger partial charge in [-0.25, -0.2) is 0 Å². The zero-order chi connectivity index (χ0) is 10.5. The first-order chi connectivity index (χ1) is 5.83. The van der Waals surface area contributed by atoms with Crippen LogP contribution >= 0.6 is 0 Å². The van der Waals surface area contributed by atoms with Gasteiger partial charge in [0.05, 0.1) is 0 Å². The molecular formula is C11H22N2. The van der Waals surface area contributed by atoms with Crippen LogP contribution in [0.1, 0.15) is 40.5 Å². The molecule has 0 aromatic heterocycles. The minimum absolute atomic E-state index is 0.193. The van der Waals surface area contributed by atoms with E-state index in [1.54, 1.807) is 0 Å². The first-order valence-electron chi connectivity index (χ1n) is 4.77. The highest BCUT2D eigenvalue weighted by Gasteiger charge is 2.20. The van der Waals surface area contributed by atoms with Crippen LogP contribution in [-0.4, -0.2) is 11.8 Å². The summed E-state index contributed by atoms with van der Waals surface area (Å²) in [4.78, 5) is 0. The van der Waals surface area contributed by atoms with Crippen molar-refractivity contribution in [2.24, 2.45) is 11.1 Å². The molecule has 2 nitrogen and oxygen atoms in total. The smallest absolute Gasteiger partial charge is 0.0478 e. The Hall–Kier alpha value is -0.630. The van der Waals surface area contributed by atoms with Crippen LogP contribution in [0.2, 0.25) is 0 Å². The third-order valence-electron chi connectivity index (χ3n) is 2.26. The molecule has 0 aromatic rings. The van der Waals surface area contributed by atoms with Crippen LogP contribution in [0.5, 0.6) is 0 Å². The molecule has 2 heteroatoms. The van der Waals surface area contributed by atoms with Gasteiger partial charge in [0.2, 0.25) is 0 Å². The molecule has 3 N–H and O–H groups in total. The molecule has 1 unspecified atom stereocenters. The average molecular weight is 182 g/mol. The van der Waals surface area contributed by atoms with Gasteiger partial charge in [-0.05, 0) is 32.1 Å². The predicted octanol–water partition coefficient (Wildman–Crippen LogP) is 2.74. The highest BCUT2D eigenvalue weighted by Crippen LogP contribution is 2.26. The van der Waals surface area contributed by atoms with Crippen LogP contribution in [-0.2, 0) is 0 Å². The van der Waals surface area contributed by atoms with Crippen LogP contribution < -0.4 is 5.73 Å². The fourth-order valence-electron chi connectivity index (χ4n) is 1.20. The quantitative estimate of drug-likeness (QED) is 0.498. The molecule has 0 rings (SSSR count). The Balaban J connectivity index is 4.08. The van der Waals surface area contributed by atoms with E-state index in [9.17, 15) is 0 Å². The van der Waals surface area contributed by atoms with E-state index in [4.69, 9.17) is 11.1 Å². The molecule has 0 aliphatic carbocycles. The number of hydrogen-bond donors (Lipinski definition) is 2. The number of rotatable bonds is 5. The van der Waals surface area contributed by atoms with Crippen molar-refractivity contribution in [3.05, 3.63) is 12.2 Å². The van der Waals surface area contributed by atoms with Crippen molar-refractivity contribution in [1.82, 2.24) is 0 Å². The van der Waals surface area contributed by atoms with Gasteiger partial charge in [-0.15, -0.1) is 0 Å². The summed E-state index contributed by atoms with van der Waals surface area (Å²) < 4.78 is 0. The van der Waals surface area contributed by atoms with Gasteiger partial charge < -0.3 is 11.1 Å². The van der Waals surface area contributed by atoms with Gasteiger partial charge in [0, 0.05) is 11.8 Å². The van der Waals surface area contributed by atoms with Crippen LogP contribution in [0.4, 0.5) is 0 Å². The molecule has 0 saturated carbocycles. The first-order valence-corrected chi connectivity index (χ1v) is 4.77. The van der Waals surface area contributed by atoms with Crippen LogP contribution in [0.15, 0.2) is 12.2 Å². The van der Waals surface area contributed by atoms with E-state index in [1.165, 1.54) is 6.21 Å². The van der Waals surface area contributed by atoms with Crippen molar-refractivity contribution in [1.29, 1.82) is 5.41 Å². The normalized spacial score (nSPS) is 17.3. The SMILES string of the molecule is C/C=C\C(C)(C)CCC(C)(N)C=N. The molecular weight excluding hydrogens is 160 g/mol. The van der Waals surface area contributed by atoms with Crippen molar-refractivity contribution in [3.8, 4) is 0 Å². The number of nitrogens with one attached hydrogen (secondary N) is 1. The lowest BCUT2D eigenvalue weighted by atomic mass is 9.83. The van der Waals surface area contributed by atoms with Crippen molar-refractivity contribution in [2.75, 3.05) is 0 Å². The fourth-order valence-corrected chi connectivity index (χ4v) is 1.20. The maximum atomic E-state index is 7.15. The van der Waals surface area contributed by atoms with E-state index < -0.39 is 5.54 Å². The second-order valence-corrected chi connectivity index (χ2v) is 4.64. The second-order valence-electron chi connectivity index (χ2n) is 4.64. The van der Waals surface area contributed by atoms with Gasteiger partial charge >= 0.3 is 0 Å². The summed E-state index contributed by atoms with van der Waals surface area (Å²) in [5.41, 5.74) is 5.60. The van der Waals surface area contributed by atoms with Crippen molar-refractivity contribution >= 4 is 6.21 Å². The Kier molecular flexibility index (Phi) is 4.34. The van der Waals surface area contributed by atoms with E-state index in [0.29, 0.717) is 0 Å². The second kappa shape index (κ2) is 4.56. The topological polar surface area (TPSA) is 49.9 Å². The Morgan fingerprint density at radius 1 is 1.23 bits per heavy atom. The Bertz CT molecular complexity index is 190. The molecule has 0 spiro atoms.